The molecule has 4 heteroatoms. The Morgan fingerprint density at radius 1 is 1.04 bits per heavy atom. The zero-order valence-corrected chi connectivity index (χ0v) is 16.1. The molecule has 0 fully saturated rings. The van der Waals surface area contributed by atoms with Gasteiger partial charge in [0.05, 0.1) is 0 Å². The van der Waals surface area contributed by atoms with Crippen LogP contribution in [0.3, 0.4) is 0 Å². The van der Waals surface area contributed by atoms with E-state index in [2.05, 4.69) is 11.9 Å². The first-order chi connectivity index (χ1) is 13.3. The minimum absolute atomic E-state index is 0.0522. The predicted molar refractivity (Wildman–Crippen MR) is 109 cm³/mol. The third-order valence-electron chi connectivity index (χ3n) is 4.80. The van der Waals surface area contributed by atoms with Crippen LogP contribution in [0.4, 0.5) is 0 Å². The fraction of sp³-hybridized carbons (Fsp3) is 0.391. The Morgan fingerprint density at radius 2 is 1.85 bits per heavy atom. The minimum atomic E-state index is -0.0522. The van der Waals surface area contributed by atoms with Crippen LogP contribution in [0.2, 0.25) is 0 Å². The second-order valence-corrected chi connectivity index (χ2v) is 7.00. The standard InChI is InChI=1S/C23H28N2O2/c1-2-3-4-5-6-9-15-25(18-19-11-10-14-24-17-19)23(26)22-16-20-12-7-8-13-21(20)27-22/h7-8,10-14,16-17H,2-6,9,15,18H2,1H3. The summed E-state index contributed by atoms with van der Waals surface area (Å²) in [6.07, 6.45) is 10.8. The average Bonchev–Trinajstić information content (AvgIpc) is 3.14. The first-order valence-electron chi connectivity index (χ1n) is 9.94. The van der Waals surface area contributed by atoms with Crippen molar-refractivity contribution in [3.05, 3.63) is 66.2 Å². The molecule has 1 amide bonds. The molecule has 142 valence electrons. The molecule has 0 aliphatic rings. The second kappa shape index (κ2) is 9.91. The first-order valence-corrected chi connectivity index (χ1v) is 9.94. The molecule has 0 bridgehead atoms. The lowest BCUT2D eigenvalue weighted by atomic mass is 10.1. The van der Waals surface area contributed by atoms with Crippen LogP contribution in [-0.4, -0.2) is 22.3 Å². The number of pyridine rings is 1. The Balaban J connectivity index is 1.68. The third-order valence-corrected chi connectivity index (χ3v) is 4.80. The van der Waals surface area contributed by atoms with Crippen LogP contribution in [0.5, 0.6) is 0 Å². The number of unbranched alkanes of at least 4 members (excludes halogenated alkanes) is 5. The van der Waals surface area contributed by atoms with Crippen LogP contribution in [0.25, 0.3) is 11.0 Å². The van der Waals surface area contributed by atoms with Crippen molar-refractivity contribution in [1.29, 1.82) is 0 Å². The van der Waals surface area contributed by atoms with E-state index >= 15 is 0 Å². The molecule has 4 nitrogen and oxygen atoms in total. The van der Waals surface area contributed by atoms with E-state index in [0.29, 0.717) is 12.3 Å². The number of benzene rings is 1. The number of carbonyl (C=O) groups is 1. The average molecular weight is 364 g/mol. The van der Waals surface area contributed by atoms with Gasteiger partial charge in [0.1, 0.15) is 5.58 Å². The van der Waals surface area contributed by atoms with Gasteiger partial charge in [-0.15, -0.1) is 0 Å². The van der Waals surface area contributed by atoms with Gasteiger partial charge in [-0.05, 0) is 30.2 Å². The zero-order chi connectivity index (χ0) is 18.9. The maximum Gasteiger partial charge on any atom is 0.289 e. The largest absolute Gasteiger partial charge is 0.451 e. The molecule has 3 aromatic rings. The van der Waals surface area contributed by atoms with Crippen molar-refractivity contribution in [1.82, 2.24) is 9.88 Å². The minimum Gasteiger partial charge on any atom is -0.451 e. The van der Waals surface area contributed by atoms with Crippen molar-refractivity contribution < 1.29 is 9.21 Å². The molecule has 0 spiro atoms. The van der Waals surface area contributed by atoms with Crippen LogP contribution in [0, 0.1) is 0 Å². The molecule has 1 aromatic carbocycles. The number of rotatable bonds is 10. The number of furan rings is 1. The molecular weight excluding hydrogens is 336 g/mol. The fourth-order valence-electron chi connectivity index (χ4n) is 3.29. The first kappa shape index (κ1) is 19.2. The molecule has 0 atom stereocenters. The van der Waals surface area contributed by atoms with E-state index < -0.39 is 0 Å². The van der Waals surface area contributed by atoms with Crippen LogP contribution >= 0.6 is 0 Å². The third kappa shape index (κ3) is 5.43. The van der Waals surface area contributed by atoms with Gasteiger partial charge in [-0.1, -0.05) is 63.3 Å². The van der Waals surface area contributed by atoms with Crippen molar-refractivity contribution >= 4 is 16.9 Å². The molecule has 0 N–H and O–H groups in total. The highest BCUT2D eigenvalue weighted by Gasteiger charge is 2.20. The Hall–Kier alpha value is -2.62. The molecule has 0 unspecified atom stereocenters. The summed E-state index contributed by atoms with van der Waals surface area (Å²) in [5.74, 6) is 0.356. The summed E-state index contributed by atoms with van der Waals surface area (Å²) in [4.78, 5) is 19.2. The molecule has 0 aliphatic heterocycles. The van der Waals surface area contributed by atoms with E-state index in [1.807, 2.05) is 53.6 Å². The molecular formula is C23H28N2O2. The number of hydrogen-bond acceptors (Lipinski definition) is 3. The van der Waals surface area contributed by atoms with Gasteiger partial charge in [0.15, 0.2) is 5.76 Å². The number of fused-ring (bicyclic) bond motifs is 1. The molecule has 0 radical (unpaired) electrons. The van der Waals surface area contributed by atoms with E-state index in [1.54, 1.807) is 6.20 Å². The van der Waals surface area contributed by atoms with Gasteiger partial charge in [-0.3, -0.25) is 9.78 Å². The zero-order valence-electron chi connectivity index (χ0n) is 16.1. The van der Waals surface area contributed by atoms with Gasteiger partial charge in [-0.2, -0.15) is 0 Å². The molecule has 0 saturated carbocycles. The van der Waals surface area contributed by atoms with Gasteiger partial charge in [-0.25, -0.2) is 0 Å². The van der Waals surface area contributed by atoms with Crippen LogP contribution in [-0.2, 0) is 6.54 Å². The summed E-state index contributed by atoms with van der Waals surface area (Å²) in [5.41, 5.74) is 1.79. The molecule has 3 rings (SSSR count). The van der Waals surface area contributed by atoms with Crippen molar-refractivity contribution in [2.45, 2.75) is 52.0 Å². The van der Waals surface area contributed by atoms with Gasteiger partial charge < -0.3 is 9.32 Å². The van der Waals surface area contributed by atoms with Crippen LogP contribution in [0.15, 0.2) is 59.3 Å². The quantitative estimate of drug-likeness (QED) is 0.425. The second-order valence-electron chi connectivity index (χ2n) is 7.00. The molecule has 2 aromatic heterocycles. The summed E-state index contributed by atoms with van der Waals surface area (Å²) in [6.45, 7) is 3.51. The van der Waals surface area contributed by atoms with E-state index in [0.717, 1.165) is 35.9 Å². The number of hydrogen-bond donors (Lipinski definition) is 0. The Labute approximate surface area is 161 Å². The molecule has 2 heterocycles. The lowest BCUT2D eigenvalue weighted by Crippen LogP contribution is -2.31. The molecule has 0 aliphatic carbocycles. The van der Waals surface area contributed by atoms with Crippen molar-refractivity contribution in [3.8, 4) is 0 Å². The Kier molecular flexibility index (Phi) is 7.03. The highest BCUT2D eigenvalue weighted by molar-refractivity contribution is 5.96. The number of nitrogens with zero attached hydrogens (tertiary/aromatic N) is 2. The number of amides is 1. The van der Waals surface area contributed by atoms with Crippen LogP contribution in [0.1, 0.15) is 61.6 Å². The van der Waals surface area contributed by atoms with E-state index in [4.69, 9.17) is 4.42 Å². The topological polar surface area (TPSA) is 46.3 Å². The highest BCUT2D eigenvalue weighted by Crippen LogP contribution is 2.21. The summed E-state index contributed by atoms with van der Waals surface area (Å²) in [6, 6.07) is 13.5. The van der Waals surface area contributed by atoms with Gasteiger partial charge >= 0.3 is 0 Å². The number of para-hydroxylation sites is 1. The molecule has 0 saturated heterocycles. The van der Waals surface area contributed by atoms with E-state index in [1.165, 1.54) is 25.7 Å². The van der Waals surface area contributed by atoms with Crippen LogP contribution < -0.4 is 0 Å². The summed E-state index contributed by atoms with van der Waals surface area (Å²) >= 11 is 0. The maximum absolute atomic E-state index is 13.1. The molecule has 27 heavy (non-hydrogen) atoms. The van der Waals surface area contributed by atoms with Gasteiger partial charge in [0.25, 0.3) is 5.91 Å². The smallest absolute Gasteiger partial charge is 0.289 e. The van der Waals surface area contributed by atoms with Gasteiger partial charge in [0, 0.05) is 30.9 Å². The lowest BCUT2D eigenvalue weighted by Gasteiger charge is -2.21. The fourth-order valence-corrected chi connectivity index (χ4v) is 3.29. The SMILES string of the molecule is CCCCCCCCN(Cc1cccnc1)C(=O)c1cc2ccccc2o1. The monoisotopic (exact) mass is 364 g/mol. The maximum atomic E-state index is 13.1. The lowest BCUT2D eigenvalue weighted by molar-refractivity contribution is 0.0710. The van der Waals surface area contributed by atoms with Crippen molar-refractivity contribution in [2.24, 2.45) is 0 Å². The summed E-state index contributed by atoms with van der Waals surface area (Å²) < 4.78 is 5.80. The Morgan fingerprint density at radius 3 is 2.63 bits per heavy atom. The van der Waals surface area contributed by atoms with E-state index in [9.17, 15) is 4.79 Å². The summed E-state index contributed by atoms with van der Waals surface area (Å²) in [5, 5.41) is 0.960. The normalized spacial score (nSPS) is 11.0. The van der Waals surface area contributed by atoms with Gasteiger partial charge in [0.2, 0.25) is 0 Å². The number of carbonyl (C=O) groups excluding carboxylic acids is 1. The Bertz CT molecular complexity index is 809. The van der Waals surface area contributed by atoms with Crippen molar-refractivity contribution in [3.63, 3.8) is 0 Å². The predicted octanol–water partition coefficient (Wildman–Crippen LogP) is 5.83. The number of aromatic nitrogens is 1. The van der Waals surface area contributed by atoms with Crippen molar-refractivity contribution in [2.75, 3.05) is 6.54 Å². The summed E-state index contributed by atoms with van der Waals surface area (Å²) in [7, 11) is 0. The van der Waals surface area contributed by atoms with E-state index in [-0.39, 0.29) is 5.91 Å². The highest BCUT2D eigenvalue weighted by atomic mass is 16.3.